The van der Waals surface area contributed by atoms with Gasteiger partial charge in [0.25, 0.3) is 0 Å². The maximum atomic E-state index is 5.09. The molecule has 0 unspecified atom stereocenters. The first-order valence-corrected chi connectivity index (χ1v) is 8.12. The number of methoxy groups -OCH3 is 1. The van der Waals surface area contributed by atoms with Gasteiger partial charge in [-0.05, 0) is 33.2 Å². The van der Waals surface area contributed by atoms with E-state index in [-0.39, 0.29) is 0 Å². The quantitative estimate of drug-likeness (QED) is 0.721. The normalized spacial score (nSPS) is 23.7. The van der Waals surface area contributed by atoms with Crippen LogP contribution in [0.3, 0.4) is 0 Å². The lowest BCUT2D eigenvalue weighted by molar-refractivity contribution is 0.163. The molecule has 0 aromatic heterocycles. The average Bonchev–Trinajstić information content (AvgIpc) is 2.76. The first-order chi connectivity index (χ1) is 9.11. The van der Waals surface area contributed by atoms with Gasteiger partial charge < -0.3 is 9.64 Å². The second-order valence-corrected chi connectivity index (χ2v) is 7.66. The highest BCUT2D eigenvalue weighted by Gasteiger charge is 2.31. The van der Waals surface area contributed by atoms with Crippen molar-refractivity contribution in [2.75, 3.05) is 53.0 Å². The monoisotopic (exact) mass is 285 g/mol. The maximum absolute atomic E-state index is 5.09. The van der Waals surface area contributed by atoms with E-state index in [9.17, 15) is 0 Å². The fraction of sp³-hybridized carbons (Fsp3) is 0.929. The van der Waals surface area contributed by atoms with Gasteiger partial charge >= 0.3 is 0 Å². The summed E-state index contributed by atoms with van der Waals surface area (Å²) < 4.78 is 5.39. The summed E-state index contributed by atoms with van der Waals surface area (Å²) in [7, 11) is 1.78. The molecule has 2 aliphatic rings. The van der Waals surface area contributed by atoms with Gasteiger partial charge in [0.2, 0.25) is 0 Å². The van der Waals surface area contributed by atoms with Crippen molar-refractivity contribution in [1.29, 1.82) is 0 Å². The summed E-state index contributed by atoms with van der Waals surface area (Å²) in [6, 6.07) is 0. The van der Waals surface area contributed by atoms with Gasteiger partial charge in [-0.1, -0.05) is 11.8 Å². The Morgan fingerprint density at radius 3 is 2.53 bits per heavy atom. The lowest BCUT2D eigenvalue weighted by atomic mass is 10.2. The van der Waals surface area contributed by atoms with Gasteiger partial charge in [0.05, 0.1) is 6.54 Å². The molecule has 4 nitrogen and oxygen atoms in total. The summed E-state index contributed by atoms with van der Waals surface area (Å²) in [5.74, 6) is 0. The van der Waals surface area contributed by atoms with Gasteiger partial charge in [-0.15, -0.1) is 0 Å². The number of aliphatic imine (C=N–C) groups is 1. The van der Waals surface area contributed by atoms with Crippen molar-refractivity contribution < 1.29 is 4.74 Å². The second kappa shape index (κ2) is 6.95. The lowest BCUT2D eigenvalue weighted by Crippen LogP contribution is -2.48. The first kappa shape index (κ1) is 15.1. The molecule has 0 saturated carbocycles. The van der Waals surface area contributed by atoms with Gasteiger partial charge in [-0.25, -0.2) is 0 Å². The van der Waals surface area contributed by atoms with Crippen molar-refractivity contribution in [3.63, 3.8) is 0 Å². The van der Waals surface area contributed by atoms with E-state index in [2.05, 4.69) is 23.6 Å². The van der Waals surface area contributed by atoms with Crippen LogP contribution in [0, 0.1) is 0 Å². The van der Waals surface area contributed by atoms with E-state index >= 15 is 0 Å². The standard InChI is InChI=1S/C14H27N3OS/c1-14(2)12-15-13(19-14)17-9-7-16(8-10-17)6-4-5-11-18-3/h4-12H2,1-3H3. The lowest BCUT2D eigenvalue weighted by Gasteiger charge is -2.36. The van der Waals surface area contributed by atoms with E-state index in [1.54, 1.807) is 7.11 Å². The molecule has 5 heteroatoms. The third-order valence-electron chi connectivity index (χ3n) is 3.68. The zero-order valence-corrected chi connectivity index (χ0v) is 13.3. The molecule has 0 radical (unpaired) electrons. The van der Waals surface area contributed by atoms with Crippen LogP contribution in [-0.4, -0.2) is 72.7 Å². The van der Waals surface area contributed by atoms with Crippen molar-refractivity contribution >= 4 is 16.9 Å². The van der Waals surface area contributed by atoms with Crippen LogP contribution in [-0.2, 0) is 4.74 Å². The number of amidine groups is 1. The van der Waals surface area contributed by atoms with Gasteiger partial charge in [0.15, 0.2) is 5.17 Å². The van der Waals surface area contributed by atoms with Gasteiger partial charge in [0.1, 0.15) is 0 Å². The Hall–Kier alpha value is -0.260. The smallest absolute Gasteiger partial charge is 0.159 e. The van der Waals surface area contributed by atoms with E-state index in [1.165, 1.54) is 37.6 Å². The molecule has 0 amide bonds. The van der Waals surface area contributed by atoms with Crippen LogP contribution in [0.25, 0.3) is 0 Å². The molecule has 0 spiro atoms. The Labute approximate surface area is 121 Å². The minimum atomic E-state index is 0.298. The van der Waals surface area contributed by atoms with E-state index < -0.39 is 0 Å². The Balaban J connectivity index is 1.66. The molecule has 110 valence electrons. The van der Waals surface area contributed by atoms with Crippen LogP contribution in [0.4, 0.5) is 0 Å². The van der Waals surface area contributed by atoms with Crippen molar-refractivity contribution in [3.05, 3.63) is 0 Å². The molecule has 0 aromatic rings. The molecule has 0 aliphatic carbocycles. The zero-order valence-electron chi connectivity index (χ0n) is 12.5. The molecule has 1 fully saturated rings. The largest absolute Gasteiger partial charge is 0.385 e. The minimum Gasteiger partial charge on any atom is -0.385 e. The van der Waals surface area contributed by atoms with Crippen LogP contribution in [0.1, 0.15) is 26.7 Å². The number of nitrogens with zero attached hydrogens (tertiary/aromatic N) is 3. The molecule has 0 N–H and O–H groups in total. The van der Waals surface area contributed by atoms with E-state index in [1.807, 2.05) is 11.8 Å². The number of hydrogen-bond donors (Lipinski definition) is 0. The Morgan fingerprint density at radius 2 is 1.95 bits per heavy atom. The van der Waals surface area contributed by atoms with E-state index in [4.69, 9.17) is 9.73 Å². The number of rotatable bonds is 5. The fourth-order valence-corrected chi connectivity index (χ4v) is 3.54. The third kappa shape index (κ3) is 4.65. The first-order valence-electron chi connectivity index (χ1n) is 7.30. The molecular weight excluding hydrogens is 258 g/mol. The summed E-state index contributed by atoms with van der Waals surface area (Å²) in [6.07, 6.45) is 2.42. The van der Waals surface area contributed by atoms with E-state index in [0.29, 0.717) is 4.75 Å². The predicted molar refractivity (Wildman–Crippen MR) is 83.1 cm³/mol. The Morgan fingerprint density at radius 1 is 1.21 bits per heavy atom. The molecule has 2 heterocycles. The average molecular weight is 285 g/mol. The van der Waals surface area contributed by atoms with Crippen LogP contribution in [0.5, 0.6) is 0 Å². The Bertz CT molecular complexity index is 312. The Kier molecular flexibility index (Phi) is 5.54. The number of piperazine rings is 1. The molecule has 0 aromatic carbocycles. The molecule has 2 aliphatic heterocycles. The summed E-state index contributed by atoms with van der Waals surface area (Å²) >= 11 is 1.94. The summed E-state index contributed by atoms with van der Waals surface area (Å²) in [4.78, 5) is 9.72. The number of thioether (sulfide) groups is 1. The molecule has 0 bridgehead atoms. The van der Waals surface area contributed by atoms with Crippen molar-refractivity contribution in [3.8, 4) is 0 Å². The molecule has 2 rings (SSSR count). The van der Waals surface area contributed by atoms with Crippen LogP contribution >= 0.6 is 11.8 Å². The van der Waals surface area contributed by atoms with Crippen molar-refractivity contribution in [2.45, 2.75) is 31.4 Å². The SMILES string of the molecule is COCCCCN1CCN(C2=NCC(C)(C)S2)CC1. The third-order valence-corrected chi connectivity index (χ3v) is 4.93. The van der Waals surface area contributed by atoms with Crippen molar-refractivity contribution in [2.24, 2.45) is 4.99 Å². The van der Waals surface area contributed by atoms with E-state index in [0.717, 1.165) is 26.2 Å². The maximum Gasteiger partial charge on any atom is 0.159 e. The number of hydrogen-bond acceptors (Lipinski definition) is 5. The molecule has 0 atom stereocenters. The van der Waals surface area contributed by atoms with Gasteiger partial charge in [0, 0.05) is 44.6 Å². The fourth-order valence-electron chi connectivity index (χ4n) is 2.48. The highest BCUT2D eigenvalue weighted by molar-refractivity contribution is 8.15. The highest BCUT2D eigenvalue weighted by Crippen LogP contribution is 2.33. The van der Waals surface area contributed by atoms with Crippen LogP contribution in [0.15, 0.2) is 4.99 Å². The summed E-state index contributed by atoms with van der Waals surface area (Å²) in [5.41, 5.74) is 0. The second-order valence-electron chi connectivity index (χ2n) is 5.99. The topological polar surface area (TPSA) is 28.1 Å². The zero-order chi connectivity index (χ0) is 13.7. The van der Waals surface area contributed by atoms with Crippen LogP contribution < -0.4 is 0 Å². The molecule has 1 saturated heterocycles. The van der Waals surface area contributed by atoms with Crippen molar-refractivity contribution in [1.82, 2.24) is 9.80 Å². The number of ether oxygens (including phenoxy) is 1. The number of unbranched alkanes of at least 4 members (excludes halogenated alkanes) is 1. The molecule has 19 heavy (non-hydrogen) atoms. The summed E-state index contributed by atoms with van der Waals surface area (Å²) in [6.45, 7) is 12.2. The van der Waals surface area contributed by atoms with Gasteiger partial charge in [-0.2, -0.15) is 0 Å². The van der Waals surface area contributed by atoms with Gasteiger partial charge in [-0.3, -0.25) is 9.89 Å². The molecular formula is C14H27N3OS. The summed E-state index contributed by atoms with van der Waals surface area (Å²) in [5, 5.41) is 1.27. The highest BCUT2D eigenvalue weighted by atomic mass is 32.2. The minimum absolute atomic E-state index is 0.298. The predicted octanol–water partition coefficient (Wildman–Crippen LogP) is 1.91. The van der Waals surface area contributed by atoms with Crippen LogP contribution in [0.2, 0.25) is 0 Å².